The fourth-order valence-electron chi connectivity index (χ4n) is 3.15. The number of hydrogen-bond acceptors (Lipinski definition) is 3. The number of nitrogens with zero attached hydrogens (tertiary/aromatic N) is 2. The molecule has 0 aliphatic carbocycles. The molecule has 1 aromatic carbocycles. The minimum absolute atomic E-state index is 0.0147. The molecule has 1 heterocycles. The van der Waals surface area contributed by atoms with E-state index in [1.165, 1.54) is 5.56 Å². The Kier molecular flexibility index (Phi) is 6.68. The predicted octanol–water partition coefficient (Wildman–Crippen LogP) is 3.99. The summed E-state index contributed by atoms with van der Waals surface area (Å²) in [6.07, 6.45) is 1.11. The van der Waals surface area contributed by atoms with Gasteiger partial charge in [-0.1, -0.05) is 29.8 Å². The third kappa shape index (κ3) is 5.75. The van der Waals surface area contributed by atoms with E-state index in [9.17, 15) is 9.59 Å². The van der Waals surface area contributed by atoms with Crippen molar-refractivity contribution in [1.29, 1.82) is 0 Å². The van der Waals surface area contributed by atoms with Crippen LogP contribution in [0.15, 0.2) is 24.3 Å². The van der Waals surface area contributed by atoms with E-state index in [1.807, 2.05) is 32.6 Å². The van der Waals surface area contributed by atoms with E-state index in [-0.39, 0.29) is 17.9 Å². The molecule has 2 rings (SSSR count). The highest BCUT2D eigenvalue weighted by atomic mass is 16.6. The average molecular weight is 360 g/mol. The Morgan fingerprint density at radius 1 is 1.15 bits per heavy atom. The first kappa shape index (κ1) is 20.3. The van der Waals surface area contributed by atoms with Crippen LogP contribution in [-0.4, -0.2) is 47.0 Å². The standard InChI is InChI=1S/C21H32N2O3/c1-6-22(15-17-9-7-16(2)8-10-17)19(24)18-11-13-23(14-12-18)20(25)26-21(3,4)5/h7-10,18H,6,11-15H2,1-5H3. The summed E-state index contributed by atoms with van der Waals surface area (Å²) >= 11 is 0. The van der Waals surface area contributed by atoms with Crippen LogP contribution in [0.25, 0.3) is 0 Å². The van der Waals surface area contributed by atoms with Gasteiger partial charge in [0, 0.05) is 32.1 Å². The maximum atomic E-state index is 12.9. The van der Waals surface area contributed by atoms with E-state index in [4.69, 9.17) is 4.74 Å². The zero-order valence-electron chi connectivity index (χ0n) is 16.7. The molecule has 5 heteroatoms. The Hall–Kier alpha value is -2.04. The van der Waals surface area contributed by atoms with Crippen molar-refractivity contribution in [1.82, 2.24) is 9.80 Å². The van der Waals surface area contributed by atoms with Crippen LogP contribution in [0.3, 0.4) is 0 Å². The summed E-state index contributed by atoms with van der Waals surface area (Å²) in [4.78, 5) is 28.7. The van der Waals surface area contributed by atoms with Gasteiger partial charge in [0.15, 0.2) is 0 Å². The first-order valence-electron chi connectivity index (χ1n) is 9.52. The van der Waals surface area contributed by atoms with E-state index < -0.39 is 5.60 Å². The number of aryl methyl sites for hydroxylation is 1. The van der Waals surface area contributed by atoms with E-state index >= 15 is 0 Å². The van der Waals surface area contributed by atoms with Crippen molar-refractivity contribution in [3.63, 3.8) is 0 Å². The van der Waals surface area contributed by atoms with Crippen LogP contribution < -0.4 is 0 Å². The molecule has 0 spiro atoms. The number of amides is 2. The second-order valence-electron chi connectivity index (χ2n) is 8.08. The van der Waals surface area contributed by atoms with Gasteiger partial charge in [0.1, 0.15) is 5.60 Å². The Bertz CT molecular complexity index is 611. The number of likely N-dealkylation sites (tertiary alicyclic amines) is 1. The molecule has 0 aromatic heterocycles. The van der Waals surface area contributed by atoms with E-state index in [1.54, 1.807) is 4.90 Å². The number of ether oxygens (including phenoxy) is 1. The molecule has 0 N–H and O–H groups in total. The SMILES string of the molecule is CCN(Cc1ccc(C)cc1)C(=O)C1CCN(C(=O)OC(C)(C)C)CC1. The Morgan fingerprint density at radius 2 is 1.73 bits per heavy atom. The first-order valence-corrected chi connectivity index (χ1v) is 9.52. The predicted molar refractivity (Wildman–Crippen MR) is 103 cm³/mol. The largest absolute Gasteiger partial charge is 0.444 e. The second kappa shape index (κ2) is 8.56. The van der Waals surface area contributed by atoms with Crippen LogP contribution in [0.5, 0.6) is 0 Å². The smallest absolute Gasteiger partial charge is 0.410 e. The van der Waals surface area contributed by atoms with Crippen molar-refractivity contribution in [2.24, 2.45) is 5.92 Å². The molecular formula is C21H32N2O3. The van der Waals surface area contributed by atoms with Crippen LogP contribution >= 0.6 is 0 Å². The highest BCUT2D eigenvalue weighted by Gasteiger charge is 2.31. The van der Waals surface area contributed by atoms with Gasteiger partial charge in [0.25, 0.3) is 0 Å². The minimum atomic E-state index is -0.489. The Balaban J connectivity index is 1.89. The van der Waals surface area contributed by atoms with Crippen LogP contribution in [-0.2, 0) is 16.1 Å². The third-order valence-corrected chi connectivity index (χ3v) is 4.68. The summed E-state index contributed by atoms with van der Waals surface area (Å²) in [5.74, 6) is 0.177. The lowest BCUT2D eigenvalue weighted by atomic mass is 9.95. The van der Waals surface area contributed by atoms with Gasteiger partial charge in [-0.05, 0) is 53.0 Å². The number of piperidine rings is 1. The molecule has 0 radical (unpaired) electrons. The van der Waals surface area contributed by atoms with Gasteiger partial charge in [-0.25, -0.2) is 4.79 Å². The van der Waals surface area contributed by atoms with Crippen molar-refractivity contribution >= 4 is 12.0 Å². The molecule has 144 valence electrons. The zero-order valence-corrected chi connectivity index (χ0v) is 16.7. The maximum absolute atomic E-state index is 12.9. The molecule has 26 heavy (non-hydrogen) atoms. The lowest BCUT2D eigenvalue weighted by molar-refractivity contribution is -0.137. The lowest BCUT2D eigenvalue weighted by Gasteiger charge is -2.35. The highest BCUT2D eigenvalue weighted by Crippen LogP contribution is 2.22. The molecule has 2 amide bonds. The Morgan fingerprint density at radius 3 is 2.23 bits per heavy atom. The molecule has 0 saturated carbocycles. The maximum Gasteiger partial charge on any atom is 0.410 e. The summed E-state index contributed by atoms with van der Waals surface area (Å²) in [5.41, 5.74) is 1.88. The summed E-state index contributed by atoms with van der Waals surface area (Å²) in [7, 11) is 0. The monoisotopic (exact) mass is 360 g/mol. The van der Waals surface area contributed by atoms with Crippen LogP contribution in [0.1, 0.15) is 51.7 Å². The third-order valence-electron chi connectivity index (χ3n) is 4.68. The quantitative estimate of drug-likeness (QED) is 0.816. The minimum Gasteiger partial charge on any atom is -0.444 e. The summed E-state index contributed by atoms with van der Waals surface area (Å²) in [6.45, 7) is 12.2. The Labute approximate surface area is 157 Å². The van der Waals surface area contributed by atoms with E-state index in [0.29, 0.717) is 39.0 Å². The van der Waals surface area contributed by atoms with Gasteiger partial charge in [-0.15, -0.1) is 0 Å². The van der Waals surface area contributed by atoms with Crippen LogP contribution in [0.2, 0.25) is 0 Å². The first-order chi connectivity index (χ1) is 12.2. The van der Waals surface area contributed by atoms with Crippen molar-refractivity contribution in [2.45, 2.75) is 59.6 Å². The summed E-state index contributed by atoms with van der Waals surface area (Å²) < 4.78 is 5.42. The van der Waals surface area contributed by atoms with Gasteiger partial charge in [-0.2, -0.15) is 0 Å². The number of hydrogen-bond donors (Lipinski definition) is 0. The zero-order chi connectivity index (χ0) is 19.3. The number of rotatable bonds is 4. The van der Waals surface area contributed by atoms with Crippen LogP contribution in [0.4, 0.5) is 4.79 Å². The fraction of sp³-hybridized carbons (Fsp3) is 0.619. The highest BCUT2D eigenvalue weighted by molar-refractivity contribution is 5.79. The average Bonchev–Trinajstić information content (AvgIpc) is 2.59. The second-order valence-corrected chi connectivity index (χ2v) is 8.08. The number of benzene rings is 1. The van der Waals surface area contributed by atoms with Crippen molar-refractivity contribution < 1.29 is 14.3 Å². The molecule has 0 bridgehead atoms. The molecule has 1 aliphatic heterocycles. The molecular weight excluding hydrogens is 328 g/mol. The topological polar surface area (TPSA) is 49.9 Å². The normalized spacial score (nSPS) is 15.7. The van der Waals surface area contributed by atoms with Gasteiger partial charge >= 0.3 is 6.09 Å². The molecule has 1 aliphatic rings. The van der Waals surface area contributed by atoms with Gasteiger partial charge in [0.2, 0.25) is 5.91 Å². The number of carbonyl (C=O) groups is 2. The molecule has 1 fully saturated rings. The van der Waals surface area contributed by atoms with Gasteiger partial charge in [0.05, 0.1) is 0 Å². The molecule has 1 saturated heterocycles. The van der Waals surface area contributed by atoms with E-state index in [0.717, 1.165) is 5.56 Å². The van der Waals surface area contributed by atoms with Crippen molar-refractivity contribution in [3.05, 3.63) is 35.4 Å². The van der Waals surface area contributed by atoms with Gasteiger partial charge < -0.3 is 14.5 Å². The number of carbonyl (C=O) groups excluding carboxylic acids is 2. The molecule has 5 nitrogen and oxygen atoms in total. The molecule has 0 unspecified atom stereocenters. The van der Waals surface area contributed by atoms with Gasteiger partial charge in [-0.3, -0.25) is 4.79 Å². The molecule has 1 aromatic rings. The summed E-state index contributed by atoms with van der Waals surface area (Å²) in [6, 6.07) is 8.31. The van der Waals surface area contributed by atoms with Crippen LogP contribution in [0, 0.1) is 12.8 Å². The lowest BCUT2D eigenvalue weighted by Crippen LogP contribution is -2.45. The van der Waals surface area contributed by atoms with E-state index in [2.05, 4.69) is 31.2 Å². The summed E-state index contributed by atoms with van der Waals surface area (Å²) in [5, 5.41) is 0. The molecule has 0 atom stereocenters. The fourth-order valence-corrected chi connectivity index (χ4v) is 3.15. The van der Waals surface area contributed by atoms with Crippen molar-refractivity contribution in [2.75, 3.05) is 19.6 Å². The van der Waals surface area contributed by atoms with Crippen molar-refractivity contribution in [3.8, 4) is 0 Å².